The van der Waals surface area contributed by atoms with E-state index in [-0.39, 0.29) is 24.0 Å². The standard InChI is InChI=1S/C16H23F2NO2/c1-4-19(5-2)14(11-15(20)21-6-3)12-7-9-13(10-8-12)16(17)18/h7-10,14,16H,4-6,11H2,1-3H3. The molecule has 0 saturated carbocycles. The third kappa shape index (κ3) is 5.08. The lowest BCUT2D eigenvalue weighted by molar-refractivity contribution is -0.144. The zero-order valence-electron chi connectivity index (χ0n) is 12.8. The molecule has 0 amide bonds. The van der Waals surface area contributed by atoms with E-state index in [0.717, 1.165) is 18.7 Å². The van der Waals surface area contributed by atoms with E-state index in [2.05, 4.69) is 4.90 Å². The average Bonchev–Trinajstić information content (AvgIpc) is 2.47. The first-order valence-corrected chi connectivity index (χ1v) is 7.31. The van der Waals surface area contributed by atoms with Crippen molar-refractivity contribution in [2.45, 2.75) is 39.7 Å². The summed E-state index contributed by atoms with van der Waals surface area (Å²) in [4.78, 5) is 13.9. The molecule has 0 fully saturated rings. The van der Waals surface area contributed by atoms with E-state index in [9.17, 15) is 13.6 Å². The molecule has 0 heterocycles. The zero-order valence-corrected chi connectivity index (χ0v) is 12.8. The molecule has 0 bridgehead atoms. The summed E-state index contributed by atoms with van der Waals surface area (Å²) >= 11 is 0. The minimum Gasteiger partial charge on any atom is -0.466 e. The van der Waals surface area contributed by atoms with Crippen LogP contribution in [0.4, 0.5) is 8.78 Å². The van der Waals surface area contributed by atoms with Crippen LogP contribution in [0.2, 0.25) is 0 Å². The Hall–Kier alpha value is -1.49. The molecule has 0 spiro atoms. The van der Waals surface area contributed by atoms with E-state index in [1.807, 2.05) is 13.8 Å². The van der Waals surface area contributed by atoms with E-state index in [1.54, 1.807) is 19.1 Å². The number of rotatable bonds is 8. The lowest BCUT2D eigenvalue weighted by atomic mass is 10.0. The van der Waals surface area contributed by atoms with Crippen LogP contribution < -0.4 is 0 Å². The highest BCUT2D eigenvalue weighted by atomic mass is 19.3. The molecule has 1 aromatic rings. The predicted molar refractivity (Wildman–Crippen MR) is 78.3 cm³/mol. The molecule has 0 N–H and O–H groups in total. The topological polar surface area (TPSA) is 29.5 Å². The van der Waals surface area contributed by atoms with Crippen LogP contribution in [0.5, 0.6) is 0 Å². The number of hydrogen-bond acceptors (Lipinski definition) is 3. The predicted octanol–water partition coefficient (Wildman–Crippen LogP) is 3.96. The van der Waals surface area contributed by atoms with Crippen molar-refractivity contribution in [2.75, 3.05) is 19.7 Å². The van der Waals surface area contributed by atoms with Crippen LogP contribution in [0.15, 0.2) is 24.3 Å². The van der Waals surface area contributed by atoms with Crippen molar-refractivity contribution in [3.05, 3.63) is 35.4 Å². The van der Waals surface area contributed by atoms with E-state index >= 15 is 0 Å². The number of halogens is 2. The monoisotopic (exact) mass is 299 g/mol. The molecule has 0 saturated heterocycles. The maximum Gasteiger partial charge on any atom is 0.307 e. The lowest BCUT2D eigenvalue weighted by Crippen LogP contribution is -2.30. The van der Waals surface area contributed by atoms with Gasteiger partial charge < -0.3 is 4.74 Å². The number of carbonyl (C=O) groups is 1. The lowest BCUT2D eigenvalue weighted by Gasteiger charge is -2.29. The first-order valence-electron chi connectivity index (χ1n) is 7.31. The summed E-state index contributed by atoms with van der Waals surface area (Å²) in [5.41, 5.74) is 0.851. The number of alkyl halides is 2. The largest absolute Gasteiger partial charge is 0.466 e. The minimum atomic E-state index is -2.48. The second kappa shape index (κ2) is 8.72. The van der Waals surface area contributed by atoms with E-state index < -0.39 is 6.43 Å². The number of nitrogens with zero attached hydrogens (tertiary/aromatic N) is 1. The van der Waals surface area contributed by atoms with Crippen LogP contribution in [-0.4, -0.2) is 30.6 Å². The van der Waals surface area contributed by atoms with Gasteiger partial charge >= 0.3 is 5.97 Å². The van der Waals surface area contributed by atoms with E-state index in [1.165, 1.54) is 12.1 Å². The van der Waals surface area contributed by atoms with Crippen molar-refractivity contribution >= 4 is 5.97 Å². The van der Waals surface area contributed by atoms with Gasteiger partial charge in [-0.2, -0.15) is 0 Å². The van der Waals surface area contributed by atoms with Gasteiger partial charge in [-0.25, -0.2) is 8.78 Å². The Balaban J connectivity index is 2.96. The number of ether oxygens (including phenoxy) is 1. The second-order valence-corrected chi connectivity index (χ2v) is 4.71. The van der Waals surface area contributed by atoms with Crippen molar-refractivity contribution in [3.63, 3.8) is 0 Å². The highest BCUT2D eigenvalue weighted by Gasteiger charge is 2.22. The smallest absolute Gasteiger partial charge is 0.307 e. The zero-order chi connectivity index (χ0) is 15.8. The summed E-state index contributed by atoms with van der Waals surface area (Å²) in [6.45, 7) is 7.68. The van der Waals surface area contributed by atoms with Gasteiger partial charge in [0, 0.05) is 11.6 Å². The van der Waals surface area contributed by atoms with Crippen LogP contribution >= 0.6 is 0 Å². The Morgan fingerprint density at radius 3 is 2.05 bits per heavy atom. The Bertz CT molecular complexity index is 430. The molecule has 3 nitrogen and oxygen atoms in total. The molecule has 118 valence electrons. The maximum absolute atomic E-state index is 12.6. The van der Waals surface area contributed by atoms with Crippen molar-refractivity contribution in [1.29, 1.82) is 0 Å². The van der Waals surface area contributed by atoms with Crippen LogP contribution in [0.25, 0.3) is 0 Å². The van der Waals surface area contributed by atoms with Gasteiger partial charge in [0.15, 0.2) is 0 Å². The summed E-state index contributed by atoms with van der Waals surface area (Å²) in [6, 6.07) is 6.03. The minimum absolute atomic E-state index is 0.00631. The quantitative estimate of drug-likeness (QED) is 0.680. The molecule has 1 unspecified atom stereocenters. The normalized spacial score (nSPS) is 12.7. The third-order valence-corrected chi connectivity index (χ3v) is 3.49. The fourth-order valence-corrected chi connectivity index (χ4v) is 2.36. The average molecular weight is 299 g/mol. The molecule has 0 aliphatic carbocycles. The van der Waals surface area contributed by atoms with Gasteiger partial charge in [-0.05, 0) is 25.6 Å². The summed E-state index contributed by atoms with van der Waals surface area (Å²) in [7, 11) is 0. The Morgan fingerprint density at radius 1 is 1.10 bits per heavy atom. The highest BCUT2D eigenvalue weighted by molar-refractivity contribution is 5.70. The maximum atomic E-state index is 12.6. The molecule has 0 aliphatic heterocycles. The van der Waals surface area contributed by atoms with Crippen LogP contribution in [0.3, 0.4) is 0 Å². The Labute approximate surface area is 124 Å². The molecule has 0 aliphatic rings. The number of esters is 1. The summed E-state index contributed by atoms with van der Waals surface area (Å²) in [5.74, 6) is -0.271. The summed E-state index contributed by atoms with van der Waals surface area (Å²) < 4.78 is 30.2. The summed E-state index contributed by atoms with van der Waals surface area (Å²) in [6.07, 6.45) is -2.25. The second-order valence-electron chi connectivity index (χ2n) is 4.71. The molecule has 1 aromatic carbocycles. The summed E-state index contributed by atoms with van der Waals surface area (Å²) in [5, 5.41) is 0. The van der Waals surface area contributed by atoms with Gasteiger partial charge in [0.1, 0.15) is 0 Å². The van der Waals surface area contributed by atoms with Crippen LogP contribution in [0, 0.1) is 0 Å². The van der Waals surface area contributed by atoms with E-state index in [0.29, 0.717) is 6.61 Å². The van der Waals surface area contributed by atoms with Crippen molar-refractivity contribution in [2.24, 2.45) is 0 Å². The number of benzene rings is 1. The Morgan fingerprint density at radius 2 is 1.62 bits per heavy atom. The van der Waals surface area contributed by atoms with Gasteiger partial charge in [0.25, 0.3) is 6.43 Å². The third-order valence-electron chi connectivity index (χ3n) is 3.49. The first-order chi connectivity index (χ1) is 10.0. The van der Waals surface area contributed by atoms with Gasteiger partial charge in [0.2, 0.25) is 0 Å². The van der Waals surface area contributed by atoms with Gasteiger partial charge in [-0.3, -0.25) is 9.69 Å². The van der Waals surface area contributed by atoms with Crippen molar-refractivity contribution < 1.29 is 18.3 Å². The van der Waals surface area contributed by atoms with E-state index in [4.69, 9.17) is 4.74 Å². The Kier molecular flexibility index (Phi) is 7.29. The molecule has 0 radical (unpaired) electrons. The van der Waals surface area contributed by atoms with Crippen molar-refractivity contribution in [1.82, 2.24) is 4.90 Å². The number of hydrogen-bond donors (Lipinski definition) is 0. The van der Waals surface area contributed by atoms with Crippen molar-refractivity contribution in [3.8, 4) is 0 Å². The van der Waals surface area contributed by atoms with Crippen LogP contribution in [0.1, 0.15) is 50.8 Å². The molecule has 1 atom stereocenters. The molecular formula is C16H23F2NO2. The SMILES string of the molecule is CCOC(=O)CC(c1ccc(C(F)F)cc1)N(CC)CC. The molecular weight excluding hydrogens is 276 g/mol. The fourth-order valence-electron chi connectivity index (χ4n) is 2.36. The molecule has 0 aromatic heterocycles. The van der Waals surface area contributed by atoms with Gasteiger partial charge in [0.05, 0.1) is 13.0 Å². The molecule has 5 heteroatoms. The fraction of sp³-hybridized carbons (Fsp3) is 0.562. The molecule has 21 heavy (non-hydrogen) atoms. The van der Waals surface area contributed by atoms with Gasteiger partial charge in [-0.15, -0.1) is 0 Å². The number of carbonyl (C=O) groups excluding carboxylic acids is 1. The van der Waals surface area contributed by atoms with Crippen LogP contribution in [-0.2, 0) is 9.53 Å². The van der Waals surface area contributed by atoms with Gasteiger partial charge in [-0.1, -0.05) is 38.1 Å². The highest BCUT2D eigenvalue weighted by Crippen LogP contribution is 2.27. The molecule has 1 rings (SSSR count). The first kappa shape index (κ1) is 17.6.